The summed E-state index contributed by atoms with van der Waals surface area (Å²) in [5.74, 6) is 2.03. The number of aryl methyl sites for hydroxylation is 4. The van der Waals surface area contributed by atoms with Gasteiger partial charge in [0.25, 0.3) is 5.56 Å². The third-order valence-electron chi connectivity index (χ3n) is 7.25. The average molecular weight is 549 g/mol. The Morgan fingerprint density at radius 3 is 2.20 bits per heavy atom. The second-order valence-corrected chi connectivity index (χ2v) is 10.5. The molecule has 1 unspecified atom stereocenters. The summed E-state index contributed by atoms with van der Waals surface area (Å²) in [4.78, 5) is 23.4. The monoisotopic (exact) mass is 548 g/mol. The first kappa shape index (κ1) is 29.7. The number of unbranched alkanes of at least 4 members (excludes halogenated alkanes) is 1. The van der Waals surface area contributed by atoms with E-state index in [1.54, 1.807) is 10.8 Å². The third-order valence-corrected chi connectivity index (χ3v) is 7.25. The largest absolute Gasteiger partial charge is 0.470 e. The number of rotatable bonds is 13. The van der Waals surface area contributed by atoms with Crippen LogP contribution in [0.5, 0.6) is 5.75 Å². The maximum absolute atomic E-state index is 14.0. The molecule has 0 radical (unpaired) electrons. The lowest BCUT2D eigenvalue weighted by molar-refractivity contribution is 0.256. The third kappa shape index (κ3) is 7.10. The van der Waals surface area contributed by atoms with Gasteiger partial charge in [0.05, 0.1) is 5.69 Å². The summed E-state index contributed by atoms with van der Waals surface area (Å²) in [7, 11) is 0. The van der Waals surface area contributed by atoms with E-state index in [4.69, 9.17) is 9.72 Å². The summed E-state index contributed by atoms with van der Waals surface area (Å²) in [6, 6.07) is 21.9. The molecule has 2 aromatic carbocycles. The molecule has 2 aromatic heterocycles. The molecule has 0 fully saturated rings. The van der Waals surface area contributed by atoms with Crippen molar-refractivity contribution in [1.29, 1.82) is 5.26 Å². The summed E-state index contributed by atoms with van der Waals surface area (Å²) < 4.78 is 8.09. The lowest BCUT2D eigenvalue weighted by atomic mass is 9.94. The highest BCUT2D eigenvalue weighted by atomic mass is 16.5. The van der Waals surface area contributed by atoms with Gasteiger partial charge in [0.1, 0.15) is 23.5 Å². The molecule has 6 nitrogen and oxygen atoms in total. The second kappa shape index (κ2) is 14.4. The van der Waals surface area contributed by atoms with Crippen molar-refractivity contribution in [2.75, 3.05) is 0 Å². The number of hydrogen-bond donors (Lipinski definition) is 0. The molecule has 4 aromatic rings. The number of nitrogens with zero attached hydrogens (tertiary/aromatic N) is 4. The van der Waals surface area contributed by atoms with Crippen LogP contribution in [-0.4, -0.2) is 14.5 Å². The minimum absolute atomic E-state index is 0.0645. The van der Waals surface area contributed by atoms with Crippen molar-refractivity contribution >= 4 is 0 Å². The predicted octanol–water partition coefficient (Wildman–Crippen LogP) is 7.42. The highest BCUT2D eigenvalue weighted by Gasteiger charge is 2.21. The molecule has 41 heavy (non-hydrogen) atoms. The van der Waals surface area contributed by atoms with Crippen molar-refractivity contribution in [3.05, 3.63) is 117 Å². The molecule has 0 saturated heterocycles. The van der Waals surface area contributed by atoms with Gasteiger partial charge in [-0.05, 0) is 61.4 Å². The van der Waals surface area contributed by atoms with Crippen molar-refractivity contribution in [3.63, 3.8) is 0 Å². The van der Waals surface area contributed by atoms with E-state index in [1.165, 1.54) is 0 Å². The van der Waals surface area contributed by atoms with E-state index in [9.17, 15) is 10.1 Å². The molecule has 0 N–H and O–H groups in total. The van der Waals surface area contributed by atoms with Crippen LogP contribution in [0.25, 0.3) is 5.82 Å². The van der Waals surface area contributed by atoms with Gasteiger partial charge in [0.2, 0.25) is 6.10 Å². The van der Waals surface area contributed by atoms with Gasteiger partial charge in [-0.1, -0.05) is 88.6 Å². The minimum atomic E-state index is -0.694. The Hall–Kier alpha value is -4.24. The average Bonchev–Trinajstić information content (AvgIpc) is 2.98. The molecule has 2 heterocycles. The van der Waals surface area contributed by atoms with Crippen molar-refractivity contribution < 1.29 is 4.74 Å². The van der Waals surface area contributed by atoms with Crippen LogP contribution in [-0.2, 0) is 25.7 Å². The van der Waals surface area contributed by atoms with E-state index >= 15 is 0 Å². The van der Waals surface area contributed by atoms with Gasteiger partial charge < -0.3 is 4.74 Å². The SMILES string of the molecule is CCCCc1nc(C)n(-c2ccccn2)c(=O)c1Cc1cc(CCC)c(OC(C#N)c2ccccc2)c(CCC)c1. The Balaban J connectivity index is 1.82. The lowest BCUT2D eigenvalue weighted by Gasteiger charge is -2.21. The molecule has 1 atom stereocenters. The van der Waals surface area contributed by atoms with Crippen LogP contribution in [0, 0.1) is 18.3 Å². The van der Waals surface area contributed by atoms with Gasteiger partial charge in [-0.2, -0.15) is 5.26 Å². The Morgan fingerprint density at radius 2 is 1.61 bits per heavy atom. The van der Waals surface area contributed by atoms with Gasteiger partial charge in [0.15, 0.2) is 0 Å². The Kier molecular flexibility index (Phi) is 10.5. The number of aromatic nitrogens is 3. The summed E-state index contributed by atoms with van der Waals surface area (Å²) in [6.45, 7) is 8.32. The highest BCUT2D eigenvalue weighted by Crippen LogP contribution is 2.33. The Labute approximate surface area is 243 Å². The molecule has 212 valence electrons. The van der Waals surface area contributed by atoms with E-state index in [0.29, 0.717) is 23.6 Å². The lowest BCUT2D eigenvalue weighted by Crippen LogP contribution is -2.29. The summed E-state index contributed by atoms with van der Waals surface area (Å²) in [5.41, 5.74) is 5.56. The Bertz CT molecular complexity index is 1510. The van der Waals surface area contributed by atoms with Crippen molar-refractivity contribution in [3.8, 4) is 17.6 Å². The van der Waals surface area contributed by atoms with Crippen LogP contribution in [0.2, 0.25) is 0 Å². The van der Waals surface area contributed by atoms with Gasteiger partial charge in [0, 0.05) is 23.7 Å². The molecule has 0 bridgehead atoms. The number of nitriles is 1. The molecular weight excluding hydrogens is 508 g/mol. The maximum Gasteiger partial charge on any atom is 0.263 e. The molecule has 0 amide bonds. The summed E-state index contributed by atoms with van der Waals surface area (Å²) >= 11 is 0. The van der Waals surface area contributed by atoms with E-state index in [1.807, 2.05) is 55.5 Å². The summed E-state index contributed by atoms with van der Waals surface area (Å²) in [6.07, 6.45) is 7.75. The van der Waals surface area contributed by atoms with Gasteiger partial charge in [-0.15, -0.1) is 0 Å². The topological polar surface area (TPSA) is 80.8 Å². The van der Waals surface area contributed by atoms with Crippen LogP contribution in [0.1, 0.15) is 91.9 Å². The van der Waals surface area contributed by atoms with Crippen LogP contribution in [0.4, 0.5) is 0 Å². The zero-order valence-corrected chi connectivity index (χ0v) is 24.7. The molecule has 0 aliphatic carbocycles. The van der Waals surface area contributed by atoms with E-state index in [0.717, 1.165) is 78.6 Å². The normalized spacial score (nSPS) is 11.7. The van der Waals surface area contributed by atoms with Crippen molar-refractivity contribution in [1.82, 2.24) is 14.5 Å². The molecule has 4 rings (SSSR count). The molecule has 0 aliphatic heterocycles. The number of ether oxygens (including phenoxy) is 1. The fourth-order valence-electron chi connectivity index (χ4n) is 5.31. The predicted molar refractivity (Wildman–Crippen MR) is 164 cm³/mol. The van der Waals surface area contributed by atoms with Crippen molar-refractivity contribution in [2.24, 2.45) is 0 Å². The standard InChI is InChI=1S/C35H40N4O2/c1-5-8-18-31-30(35(40)39(25(4)38-31)33-19-12-13-20-37-33)23-26-21-28(14-6-2)34(29(22-26)15-7-3)41-32(24-36)27-16-10-9-11-17-27/h9-13,16-17,19-22,32H,5-8,14-15,18,23H2,1-4H3. The van der Waals surface area contributed by atoms with E-state index in [-0.39, 0.29) is 5.56 Å². The summed E-state index contributed by atoms with van der Waals surface area (Å²) in [5, 5.41) is 9.98. The van der Waals surface area contributed by atoms with Crippen molar-refractivity contribution in [2.45, 2.75) is 85.2 Å². The highest BCUT2D eigenvalue weighted by molar-refractivity contribution is 5.47. The zero-order valence-electron chi connectivity index (χ0n) is 24.7. The van der Waals surface area contributed by atoms with Gasteiger partial charge in [-0.3, -0.25) is 4.79 Å². The van der Waals surface area contributed by atoms with Gasteiger partial charge >= 0.3 is 0 Å². The fraction of sp³-hybridized carbons (Fsp3) is 0.371. The molecule has 0 saturated carbocycles. The molecule has 6 heteroatoms. The first-order chi connectivity index (χ1) is 20.0. The minimum Gasteiger partial charge on any atom is -0.470 e. The molecule has 0 spiro atoms. The van der Waals surface area contributed by atoms with E-state index in [2.05, 4.69) is 44.0 Å². The van der Waals surface area contributed by atoms with Crippen LogP contribution in [0.3, 0.4) is 0 Å². The zero-order chi connectivity index (χ0) is 29.2. The maximum atomic E-state index is 14.0. The second-order valence-electron chi connectivity index (χ2n) is 10.5. The molecular formula is C35H40N4O2. The quantitative estimate of drug-likeness (QED) is 0.174. The fourth-order valence-corrected chi connectivity index (χ4v) is 5.31. The van der Waals surface area contributed by atoms with Gasteiger partial charge in [-0.25, -0.2) is 14.5 Å². The van der Waals surface area contributed by atoms with Crippen LogP contribution < -0.4 is 10.3 Å². The number of hydrogen-bond acceptors (Lipinski definition) is 5. The van der Waals surface area contributed by atoms with E-state index < -0.39 is 6.10 Å². The number of pyridine rings is 1. The first-order valence-corrected chi connectivity index (χ1v) is 14.8. The first-order valence-electron chi connectivity index (χ1n) is 14.8. The number of benzene rings is 2. The smallest absolute Gasteiger partial charge is 0.263 e. The van der Waals surface area contributed by atoms with Crippen LogP contribution >= 0.6 is 0 Å². The van der Waals surface area contributed by atoms with Crippen LogP contribution in [0.15, 0.2) is 71.7 Å². The Morgan fingerprint density at radius 1 is 0.927 bits per heavy atom. The molecule has 0 aliphatic rings.